The minimum absolute atomic E-state index is 0.0273. The first-order chi connectivity index (χ1) is 9.97. The van der Waals surface area contributed by atoms with E-state index in [2.05, 4.69) is 9.84 Å². The molecular formula is C15H14F2N2O2. The van der Waals surface area contributed by atoms with Crippen LogP contribution in [0.15, 0.2) is 36.5 Å². The molecule has 1 aromatic carbocycles. The second-order valence-corrected chi connectivity index (χ2v) is 4.42. The van der Waals surface area contributed by atoms with Crippen LogP contribution in [0.1, 0.15) is 21.6 Å². The van der Waals surface area contributed by atoms with E-state index in [1.165, 1.54) is 18.2 Å². The quantitative estimate of drug-likeness (QED) is 0.628. The summed E-state index contributed by atoms with van der Waals surface area (Å²) >= 11 is 0. The highest BCUT2D eigenvalue weighted by Gasteiger charge is 2.11. The molecule has 0 fully saturated rings. The molecule has 0 aliphatic heterocycles. The van der Waals surface area contributed by atoms with Gasteiger partial charge in [-0.15, -0.1) is 0 Å². The van der Waals surface area contributed by atoms with Gasteiger partial charge >= 0.3 is 6.61 Å². The van der Waals surface area contributed by atoms with E-state index < -0.39 is 6.61 Å². The summed E-state index contributed by atoms with van der Waals surface area (Å²) in [6.45, 7) is -1.18. The normalized spacial score (nSPS) is 11.3. The van der Waals surface area contributed by atoms with E-state index in [1.54, 1.807) is 43.0 Å². The molecule has 0 spiro atoms. The zero-order valence-electron chi connectivity index (χ0n) is 11.6. The Morgan fingerprint density at radius 2 is 2.10 bits per heavy atom. The van der Waals surface area contributed by atoms with Crippen molar-refractivity contribution in [2.45, 2.75) is 13.5 Å². The van der Waals surface area contributed by atoms with Gasteiger partial charge in [0.2, 0.25) is 0 Å². The van der Waals surface area contributed by atoms with E-state index in [0.717, 1.165) is 0 Å². The van der Waals surface area contributed by atoms with Gasteiger partial charge in [-0.25, -0.2) is 0 Å². The van der Waals surface area contributed by atoms with Crippen LogP contribution in [-0.2, 0) is 7.05 Å². The maximum atomic E-state index is 12.3. The third-order valence-corrected chi connectivity index (χ3v) is 2.83. The number of hydrogen-bond donors (Lipinski definition) is 0. The fraction of sp³-hybridized carbons (Fsp3) is 0.200. The Morgan fingerprint density at radius 1 is 1.38 bits per heavy atom. The molecule has 1 heterocycles. The van der Waals surface area contributed by atoms with Crippen molar-refractivity contribution in [2.24, 2.45) is 7.05 Å². The lowest BCUT2D eigenvalue weighted by atomic mass is 10.1. The fourth-order valence-electron chi connectivity index (χ4n) is 1.92. The highest BCUT2D eigenvalue weighted by Crippen LogP contribution is 2.22. The number of nitrogens with zero attached hydrogens (tertiary/aromatic N) is 2. The maximum Gasteiger partial charge on any atom is 0.387 e. The number of aromatic nitrogens is 2. The molecule has 21 heavy (non-hydrogen) atoms. The van der Waals surface area contributed by atoms with E-state index in [4.69, 9.17) is 0 Å². The second-order valence-electron chi connectivity index (χ2n) is 4.42. The van der Waals surface area contributed by atoms with E-state index in [9.17, 15) is 13.6 Å². The van der Waals surface area contributed by atoms with Gasteiger partial charge < -0.3 is 4.74 Å². The first-order valence-electron chi connectivity index (χ1n) is 6.24. The molecule has 0 amide bonds. The lowest BCUT2D eigenvalue weighted by Gasteiger charge is -2.07. The summed E-state index contributed by atoms with van der Waals surface area (Å²) < 4.78 is 30.5. The molecule has 1 aromatic heterocycles. The summed E-state index contributed by atoms with van der Waals surface area (Å²) in [7, 11) is 1.72. The van der Waals surface area contributed by atoms with Gasteiger partial charge in [0.15, 0.2) is 5.78 Å². The van der Waals surface area contributed by atoms with E-state index in [0.29, 0.717) is 16.8 Å². The topological polar surface area (TPSA) is 44.1 Å². The summed E-state index contributed by atoms with van der Waals surface area (Å²) in [5.41, 5.74) is 1.50. The van der Waals surface area contributed by atoms with Gasteiger partial charge in [0, 0.05) is 18.8 Å². The van der Waals surface area contributed by atoms with Crippen molar-refractivity contribution < 1.29 is 18.3 Å². The van der Waals surface area contributed by atoms with Crippen LogP contribution >= 0.6 is 0 Å². The van der Waals surface area contributed by atoms with Crippen LogP contribution in [0.5, 0.6) is 5.75 Å². The van der Waals surface area contributed by atoms with Crippen LogP contribution < -0.4 is 4.74 Å². The smallest absolute Gasteiger partial charge is 0.387 e. The molecule has 0 N–H and O–H groups in total. The van der Waals surface area contributed by atoms with Crippen LogP contribution in [0, 0.1) is 6.92 Å². The summed E-state index contributed by atoms with van der Waals surface area (Å²) in [5, 5.41) is 4.08. The average Bonchev–Trinajstić information content (AvgIpc) is 2.76. The van der Waals surface area contributed by atoms with Crippen molar-refractivity contribution in [1.82, 2.24) is 9.78 Å². The monoisotopic (exact) mass is 292 g/mol. The molecule has 0 saturated carbocycles. The first-order valence-corrected chi connectivity index (χ1v) is 6.24. The molecule has 2 aromatic rings. The third kappa shape index (κ3) is 3.75. The predicted octanol–water partition coefficient (Wildman–Crippen LogP) is 3.23. The standard InChI is InChI=1S/C15H14F2N2O2/c1-10-12(9-19(2)18-10)13(20)8-7-11-5-3-4-6-14(11)21-15(16)17/h3-9,15H,1-2H3/b8-7+. The highest BCUT2D eigenvalue weighted by molar-refractivity contribution is 6.07. The molecular weight excluding hydrogens is 278 g/mol. The average molecular weight is 292 g/mol. The number of para-hydroxylation sites is 1. The first kappa shape index (κ1) is 14.9. The summed E-state index contributed by atoms with van der Waals surface area (Å²) in [6, 6.07) is 6.28. The van der Waals surface area contributed by atoms with Crippen molar-refractivity contribution >= 4 is 11.9 Å². The van der Waals surface area contributed by atoms with Crippen LogP contribution in [0.25, 0.3) is 6.08 Å². The zero-order chi connectivity index (χ0) is 15.4. The highest BCUT2D eigenvalue weighted by atomic mass is 19.3. The van der Waals surface area contributed by atoms with Gasteiger partial charge in [0.1, 0.15) is 5.75 Å². The molecule has 4 nitrogen and oxygen atoms in total. The van der Waals surface area contributed by atoms with Gasteiger partial charge in [0.25, 0.3) is 0 Å². The van der Waals surface area contributed by atoms with E-state index in [1.807, 2.05) is 0 Å². The van der Waals surface area contributed by atoms with E-state index >= 15 is 0 Å². The van der Waals surface area contributed by atoms with E-state index in [-0.39, 0.29) is 11.5 Å². The van der Waals surface area contributed by atoms with Crippen molar-refractivity contribution in [3.05, 3.63) is 53.4 Å². The van der Waals surface area contributed by atoms with Gasteiger partial charge in [0.05, 0.1) is 11.3 Å². The van der Waals surface area contributed by atoms with Crippen molar-refractivity contribution in [1.29, 1.82) is 0 Å². The Labute approximate surface area is 120 Å². The molecule has 0 saturated heterocycles. The van der Waals surface area contributed by atoms with Gasteiger partial charge in [-0.1, -0.05) is 18.2 Å². The van der Waals surface area contributed by atoms with Gasteiger partial charge in [-0.05, 0) is 25.1 Å². The van der Waals surface area contributed by atoms with Crippen LogP contribution in [0.4, 0.5) is 8.78 Å². The number of carbonyl (C=O) groups excluding carboxylic acids is 1. The Kier molecular flexibility index (Phi) is 4.47. The molecule has 0 unspecified atom stereocenters. The molecule has 0 bridgehead atoms. The minimum atomic E-state index is -2.91. The predicted molar refractivity (Wildman–Crippen MR) is 74.4 cm³/mol. The number of carbonyl (C=O) groups is 1. The number of hydrogen-bond acceptors (Lipinski definition) is 3. The SMILES string of the molecule is Cc1nn(C)cc1C(=O)/C=C/c1ccccc1OC(F)F. The maximum absolute atomic E-state index is 12.3. The number of allylic oxidation sites excluding steroid dienone is 1. The summed E-state index contributed by atoms with van der Waals surface area (Å²) in [5.74, 6) is -0.216. The fourth-order valence-corrected chi connectivity index (χ4v) is 1.92. The number of aryl methyl sites for hydroxylation is 2. The van der Waals surface area contributed by atoms with Crippen LogP contribution in [0.2, 0.25) is 0 Å². The second kappa shape index (κ2) is 6.30. The number of alkyl halides is 2. The molecule has 2 rings (SSSR count). The molecule has 6 heteroatoms. The van der Waals surface area contributed by atoms with Crippen molar-refractivity contribution in [2.75, 3.05) is 0 Å². The molecule has 0 atom stereocenters. The molecule has 0 aliphatic rings. The largest absolute Gasteiger partial charge is 0.434 e. The number of ether oxygens (including phenoxy) is 1. The number of ketones is 1. The Morgan fingerprint density at radius 3 is 2.71 bits per heavy atom. The Hall–Kier alpha value is -2.50. The zero-order valence-corrected chi connectivity index (χ0v) is 11.6. The lowest BCUT2D eigenvalue weighted by molar-refractivity contribution is -0.0499. The van der Waals surface area contributed by atoms with Crippen molar-refractivity contribution in [3.63, 3.8) is 0 Å². The van der Waals surface area contributed by atoms with Crippen LogP contribution in [-0.4, -0.2) is 22.2 Å². The number of benzene rings is 1. The van der Waals surface area contributed by atoms with Crippen LogP contribution in [0.3, 0.4) is 0 Å². The molecule has 110 valence electrons. The Balaban J connectivity index is 2.21. The lowest BCUT2D eigenvalue weighted by Crippen LogP contribution is -2.03. The van der Waals surface area contributed by atoms with Gasteiger partial charge in [-0.3, -0.25) is 9.48 Å². The molecule has 0 aliphatic carbocycles. The minimum Gasteiger partial charge on any atom is -0.434 e. The Bertz CT molecular complexity index is 678. The van der Waals surface area contributed by atoms with Gasteiger partial charge in [-0.2, -0.15) is 13.9 Å². The third-order valence-electron chi connectivity index (χ3n) is 2.83. The van der Waals surface area contributed by atoms with Crippen molar-refractivity contribution in [3.8, 4) is 5.75 Å². The molecule has 0 radical (unpaired) electrons. The summed E-state index contributed by atoms with van der Waals surface area (Å²) in [4.78, 5) is 12.1. The summed E-state index contributed by atoms with van der Waals surface area (Å²) in [6.07, 6.45) is 4.38. The number of rotatable bonds is 5. The number of halogens is 2.